The van der Waals surface area contributed by atoms with E-state index in [0.717, 1.165) is 11.2 Å². The summed E-state index contributed by atoms with van der Waals surface area (Å²) in [7, 11) is 0. The zero-order chi connectivity index (χ0) is 12.9. The van der Waals surface area contributed by atoms with Crippen LogP contribution in [0.1, 0.15) is 11.4 Å². The zero-order valence-corrected chi connectivity index (χ0v) is 10.3. The molecule has 0 bridgehead atoms. The van der Waals surface area contributed by atoms with Crippen molar-refractivity contribution in [3.05, 3.63) is 45.0 Å². The molecule has 6 heteroatoms. The maximum Gasteiger partial charge on any atom is 0.292 e. The molecule has 0 radical (unpaired) electrons. The van der Waals surface area contributed by atoms with Gasteiger partial charge in [-0.1, -0.05) is 11.6 Å². The molecule has 0 aliphatic rings. The van der Waals surface area contributed by atoms with Crippen LogP contribution < -0.4 is 5.56 Å². The number of aliphatic hydroxyl groups is 1. The first-order valence-corrected chi connectivity index (χ1v) is 5.80. The van der Waals surface area contributed by atoms with Crippen molar-refractivity contribution in [3.63, 3.8) is 0 Å². The lowest BCUT2D eigenvalue weighted by atomic mass is 10.3. The van der Waals surface area contributed by atoms with E-state index in [0.29, 0.717) is 16.2 Å². The number of nitrogens with one attached hydrogen (secondary N) is 1. The van der Waals surface area contributed by atoms with Crippen molar-refractivity contribution in [2.45, 2.75) is 13.5 Å². The maximum atomic E-state index is 11.9. The fourth-order valence-corrected chi connectivity index (χ4v) is 2.30. The second kappa shape index (κ2) is 3.83. The molecule has 5 nitrogen and oxygen atoms in total. The molecule has 0 amide bonds. The van der Waals surface area contributed by atoms with E-state index in [1.165, 1.54) is 0 Å². The van der Waals surface area contributed by atoms with E-state index in [2.05, 4.69) is 9.97 Å². The van der Waals surface area contributed by atoms with Gasteiger partial charge >= 0.3 is 0 Å². The molecular formula is C12H10ClN3O2. The lowest BCUT2D eigenvalue weighted by Crippen LogP contribution is -2.11. The van der Waals surface area contributed by atoms with E-state index in [1.54, 1.807) is 16.5 Å². The predicted molar refractivity (Wildman–Crippen MR) is 69.0 cm³/mol. The van der Waals surface area contributed by atoms with Gasteiger partial charge in [0.15, 0.2) is 0 Å². The molecule has 18 heavy (non-hydrogen) atoms. The number of nitrogens with zero attached hydrogens (tertiary/aromatic N) is 2. The molecule has 3 rings (SSSR count). The summed E-state index contributed by atoms with van der Waals surface area (Å²) in [6, 6.07) is 5.26. The Morgan fingerprint density at radius 2 is 2.28 bits per heavy atom. The smallest absolute Gasteiger partial charge is 0.292 e. The number of fused-ring (bicyclic) bond motifs is 3. The van der Waals surface area contributed by atoms with Gasteiger partial charge in [0.05, 0.1) is 23.3 Å². The summed E-state index contributed by atoms with van der Waals surface area (Å²) in [6.45, 7) is 1.63. The highest BCUT2D eigenvalue weighted by atomic mass is 35.5. The number of imidazole rings is 1. The molecule has 0 atom stereocenters. The molecule has 2 aromatic heterocycles. The highest BCUT2D eigenvalue weighted by Crippen LogP contribution is 2.20. The quantitative estimate of drug-likeness (QED) is 0.701. The van der Waals surface area contributed by atoms with E-state index >= 15 is 0 Å². The van der Waals surface area contributed by atoms with E-state index < -0.39 is 0 Å². The number of aryl methyl sites for hydroxylation is 1. The van der Waals surface area contributed by atoms with E-state index in [1.807, 2.05) is 13.0 Å². The second-order valence-electron chi connectivity index (χ2n) is 4.08. The number of rotatable bonds is 1. The summed E-state index contributed by atoms with van der Waals surface area (Å²) in [5, 5.41) is 9.77. The summed E-state index contributed by atoms with van der Waals surface area (Å²) >= 11 is 5.91. The number of hydrogen-bond donors (Lipinski definition) is 2. The van der Waals surface area contributed by atoms with Crippen molar-refractivity contribution >= 4 is 28.3 Å². The van der Waals surface area contributed by atoms with Gasteiger partial charge in [-0.15, -0.1) is 0 Å². The Hall–Kier alpha value is -1.85. The minimum Gasteiger partial charge on any atom is -0.390 e. The number of halogens is 1. The maximum absolute atomic E-state index is 11.9. The van der Waals surface area contributed by atoms with Crippen LogP contribution in [0.2, 0.25) is 5.02 Å². The number of benzene rings is 1. The van der Waals surface area contributed by atoms with E-state index in [9.17, 15) is 9.90 Å². The van der Waals surface area contributed by atoms with Gasteiger partial charge in [0.2, 0.25) is 5.65 Å². The van der Waals surface area contributed by atoms with Crippen LogP contribution in [-0.4, -0.2) is 19.5 Å². The first kappa shape index (κ1) is 11.3. The number of aliphatic hydroxyl groups excluding tert-OH is 1. The van der Waals surface area contributed by atoms with Crippen LogP contribution >= 0.6 is 11.6 Å². The summed E-state index contributed by atoms with van der Waals surface area (Å²) < 4.78 is 1.73. The normalized spacial score (nSPS) is 11.5. The summed E-state index contributed by atoms with van der Waals surface area (Å²) in [5.74, 6) is 0. The van der Waals surface area contributed by atoms with Gasteiger partial charge in [-0.2, -0.15) is 0 Å². The Morgan fingerprint density at radius 1 is 1.50 bits per heavy atom. The van der Waals surface area contributed by atoms with Gasteiger partial charge in [0, 0.05) is 10.7 Å². The van der Waals surface area contributed by atoms with Crippen LogP contribution in [0.25, 0.3) is 16.7 Å². The standard InChI is InChI=1S/C12H10ClN3O2/c1-6-9(5-17)14-11-12(18)15-8-4-7(13)2-3-10(8)16(6)11/h2-4,17H,5H2,1H3,(H,15,18). The minimum absolute atomic E-state index is 0.192. The zero-order valence-electron chi connectivity index (χ0n) is 9.57. The lowest BCUT2D eigenvalue weighted by Gasteiger charge is -2.04. The number of hydrogen-bond acceptors (Lipinski definition) is 3. The van der Waals surface area contributed by atoms with Crippen LogP contribution in [0.4, 0.5) is 0 Å². The fourth-order valence-electron chi connectivity index (χ4n) is 2.13. The molecule has 0 saturated carbocycles. The average molecular weight is 264 g/mol. The predicted octanol–water partition coefficient (Wildman–Crippen LogP) is 1.63. The van der Waals surface area contributed by atoms with E-state index in [4.69, 9.17) is 11.6 Å². The highest BCUT2D eigenvalue weighted by molar-refractivity contribution is 6.31. The first-order chi connectivity index (χ1) is 8.61. The van der Waals surface area contributed by atoms with Crippen molar-refractivity contribution in [2.24, 2.45) is 0 Å². The molecule has 3 aromatic rings. The second-order valence-corrected chi connectivity index (χ2v) is 4.51. The number of aromatic amines is 1. The van der Waals surface area contributed by atoms with Gasteiger partial charge in [-0.05, 0) is 25.1 Å². The van der Waals surface area contributed by atoms with Gasteiger partial charge in [0.25, 0.3) is 5.56 Å². The topological polar surface area (TPSA) is 70.4 Å². The van der Waals surface area contributed by atoms with Crippen LogP contribution in [0.5, 0.6) is 0 Å². The Labute approximate surface area is 107 Å². The average Bonchev–Trinajstić information content (AvgIpc) is 2.67. The van der Waals surface area contributed by atoms with Gasteiger partial charge in [-0.25, -0.2) is 4.98 Å². The number of aromatic nitrogens is 3. The Morgan fingerprint density at radius 3 is 3.00 bits per heavy atom. The molecule has 1 aromatic carbocycles. The van der Waals surface area contributed by atoms with Crippen LogP contribution in [0.15, 0.2) is 23.0 Å². The molecule has 0 aliphatic carbocycles. The molecule has 92 valence electrons. The Kier molecular flexibility index (Phi) is 2.39. The van der Waals surface area contributed by atoms with Crippen molar-refractivity contribution < 1.29 is 5.11 Å². The molecule has 0 spiro atoms. The third-order valence-corrected chi connectivity index (χ3v) is 3.24. The molecule has 0 saturated heterocycles. The molecule has 0 fully saturated rings. The van der Waals surface area contributed by atoms with Gasteiger partial charge < -0.3 is 10.1 Å². The molecule has 0 unspecified atom stereocenters. The number of H-pyrrole nitrogens is 1. The minimum atomic E-state index is -0.299. The lowest BCUT2D eigenvalue weighted by molar-refractivity contribution is 0.276. The third kappa shape index (κ3) is 1.45. The van der Waals surface area contributed by atoms with Gasteiger partial charge in [0.1, 0.15) is 0 Å². The van der Waals surface area contributed by atoms with Crippen LogP contribution in [-0.2, 0) is 6.61 Å². The SMILES string of the molecule is Cc1c(CO)nc2c(=O)[nH]c3cc(Cl)ccc3n12. The van der Waals surface area contributed by atoms with Gasteiger partial charge in [-0.3, -0.25) is 9.20 Å². The van der Waals surface area contributed by atoms with E-state index in [-0.39, 0.29) is 17.8 Å². The summed E-state index contributed by atoms with van der Waals surface area (Å²) in [6.07, 6.45) is 0. The van der Waals surface area contributed by atoms with Crippen molar-refractivity contribution in [2.75, 3.05) is 0 Å². The van der Waals surface area contributed by atoms with Crippen molar-refractivity contribution in [1.29, 1.82) is 0 Å². The monoisotopic (exact) mass is 263 g/mol. The Bertz CT molecular complexity index is 819. The third-order valence-electron chi connectivity index (χ3n) is 3.01. The summed E-state index contributed by atoms with van der Waals surface area (Å²) in [5.41, 5.74) is 2.69. The van der Waals surface area contributed by atoms with Crippen LogP contribution in [0.3, 0.4) is 0 Å². The van der Waals surface area contributed by atoms with Crippen LogP contribution in [0, 0.1) is 6.92 Å². The fraction of sp³-hybridized carbons (Fsp3) is 0.167. The van der Waals surface area contributed by atoms with Crippen molar-refractivity contribution in [1.82, 2.24) is 14.4 Å². The van der Waals surface area contributed by atoms with Crippen molar-refractivity contribution in [3.8, 4) is 0 Å². The largest absolute Gasteiger partial charge is 0.390 e. The molecule has 2 N–H and O–H groups in total. The Balaban J connectivity index is 2.60. The molecule has 0 aliphatic heterocycles. The molecule has 2 heterocycles. The highest BCUT2D eigenvalue weighted by Gasteiger charge is 2.13. The summed E-state index contributed by atoms with van der Waals surface area (Å²) in [4.78, 5) is 18.8. The molecular weight excluding hydrogens is 254 g/mol. The first-order valence-electron chi connectivity index (χ1n) is 5.42.